The van der Waals surface area contributed by atoms with Crippen LogP contribution in [0.3, 0.4) is 0 Å². The highest BCUT2D eigenvalue weighted by Gasteiger charge is 2.35. The van der Waals surface area contributed by atoms with Crippen molar-refractivity contribution < 1.29 is 19.4 Å². The minimum absolute atomic E-state index is 0.00280. The van der Waals surface area contributed by atoms with Crippen molar-refractivity contribution >= 4 is 11.8 Å². The molecule has 2 aromatic rings. The molecule has 0 bridgehead atoms. The Morgan fingerprint density at radius 3 is 2.55 bits per heavy atom. The number of hydrogen-bond acceptors (Lipinski definition) is 5. The lowest BCUT2D eigenvalue weighted by Gasteiger charge is -2.32. The van der Waals surface area contributed by atoms with E-state index >= 15 is 0 Å². The van der Waals surface area contributed by atoms with Gasteiger partial charge in [-0.25, -0.2) is 0 Å². The van der Waals surface area contributed by atoms with Crippen LogP contribution < -0.4 is 10.6 Å². The predicted molar refractivity (Wildman–Crippen MR) is 178 cm³/mol. The fourth-order valence-corrected chi connectivity index (χ4v) is 6.30. The first-order valence-corrected chi connectivity index (χ1v) is 16.1. The van der Waals surface area contributed by atoms with Gasteiger partial charge in [0.25, 0.3) is 0 Å². The third-order valence-electron chi connectivity index (χ3n) is 8.71. The van der Waals surface area contributed by atoms with Crippen molar-refractivity contribution in [2.24, 2.45) is 5.92 Å². The van der Waals surface area contributed by atoms with Crippen LogP contribution in [0.15, 0.2) is 67.8 Å². The Labute approximate surface area is 264 Å². The van der Waals surface area contributed by atoms with Gasteiger partial charge in [0.05, 0.1) is 24.9 Å². The Hall–Kier alpha value is -3.26. The van der Waals surface area contributed by atoms with Crippen molar-refractivity contribution in [3.8, 4) is 0 Å². The summed E-state index contributed by atoms with van der Waals surface area (Å²) in [6.07, 6.45) is 6.79. The molecule has 0 aromatic heterocycles. The van der Waals surface area contributed by atoms with E-state index in [4.69, 9.17) is 4.74 Å². The van der Waals surface area contributed by atoms with Crippen LogP contribution in [0.4, 0.5) is 0 Å². The Balaban J connectivity index is 1.78. The predicted octanol–water partition coefficient (Wildman–Crippen LogP) is 5.90. The van der Waals surface area contributed by atoms with Crippen LogP contribution in [-0.2, 0) is 20.7 Å². The molecule has 0 saturated carbocycles. The fraction of sp³-hybridized carbons (Fsp3) is 0.514. The van der Waals surface area contributed by atoms with Gasteiger partial charge in [0.2, 0.25) is 11.8 Å². The average molecular weight is 604 g/mol. The zero-order valence-electron chi connectivity index (χ0n) is 27.4. The van der Waals surface area contributed by atoms with Gasteiger partial charge in [-0.3, -0.25) is 9.59 Å². The van der Waals surface area contributed by atoms with E-state index < -0.39 is 18.2 Å². The number of aliphatic hydroxyl groups excluding tert-OH is 1. The first-order valence-electron chi connectivity index (χ1n) is 16.1. The highest BCUT2D eigenvalue weighted by molar-refractivity contribution is 5.88. The molecule has 3 rings (SSSR count). The van der Waals surface area contributed by atoms with Gasteiger partial charge in [-0.05, 0) is 61.8 Å². The molecule has 2 amide bonds. The maximum atomic E-state index is 13.8. The van der Waals surface area contributed by atoms with E-state index in [0.717, 1.165) is 31.2 Å². The molecule has 7 heteroatoms. The summed E-state index contributed by atoms with van der Waals surface area (Å²) in [4.78, 5) is 28.5. The maximum Gasteiger partial charge on any atom is 0.243 e. The second-order valence-electron chi connectivity index (χ2n) is 12.3. The van der Waals surface area contributed by atoms with Crippen molar-refractivity contribution in [3.63, 3.8) is 0 Å². The van der Waals surface area contributed by atoms with Gasteiger partial charge >= 0.3 is 0 Å². The first-order chi connectivity index (χ1) is 21.1. The summed E-state index contributed by atoms with van der Waals surface area (Å²) >= 11 is 0. The number of benzene rings is 2. The number of nitrogens with zero attached hydrogens (tertiary/aromatic N) is 1. The van der Waals surface area contributed by atoms with Crippen LogP contribution in [-0.4, -0.2) is 60.2 Å². The lowest BCUT2D eigenvalue weighted by Crippen LogP contribution is -2.55. The zero-order chi connectivity index (χ0) is 32.2. The number of fused-ring (bicyclic) bond motifs is 1. The summed E-state index contributed by atoms with van der Waals surface area (Å²) in [5, 5.41) is 18.3. The van der Waals surface area contributed by atoms with Crippen molar-refractivity contribution in [1.82, 2.24) is 15.5 Å². The number of hydrogen-bond donors (Lipinski definition) is 3. The Kier molecular flexibility index (Phi) is 13.8. The molecule has 0 saturated heterocycles. The summed E-state index contributed by atoms with van der Waals surface area (Å²) in [5.41, 5.74) is 5.78. The van der Waals surface area contributed by atoms with E-state index in [1.54, 1.807) is 24.1 Å². The standard InChI is InChI=1S/C37H53N3O4/c1-8-11-16-26(5)37(43)40(7)32(15-9-2)36(42)39-31(22-28-17-13-12-14-18-28)33(41)24-38-30-23-34(44-19-10-3)35-27(6)20-25(4)21-29(30)35/h9-10,12-14,17-18,20-21,26,30-34,38,41H,2-3,8,11,15-16,19,22-24H2,1,4-7H3,(H,39,42)/t26?,30-,31-,32?,33+,34+/m0/s1. The zero-order valence-corrected chi connectivity index (χ0v) is 27.4. The maximum absolute atomic E-state index is 13.8. The van der Waals surface area contributed by atoms with Crippen molar-refractivity contribution in [2.45, 2.75) is 96.6 Å². The Bertz CT molecular complexity index is 1250. The summed E-state index contributed by atoms with van der Waals surface area (Å²) in [5.74, 6) is -0.518. The largest absolute Gasteiger partial charge is 0.390 e. The number of nitrogens with one attached hydrogen (secondary N) is 2. The van der Waals surface area contributed by atoms with E-state index in [9.17, 15) is 14.7 Å². The Morgan fingerprint density at radius 2 is 1.89 bits per heavy atom. The van der Waals surface area contributed by atoms with Crippen molar-refractivity contribution in [2.75, 3.05) is 20.2 Å². The smallest absolute Gasteiger partial charge is 0.243 e. The van der Waals surface area contributed by atoms with Gasteiger partial charge in [0, 0.05) is 25.6 Å². The average Bonchev–Trinajstić information content (AvgIpc) is 3.36. The molecule has 0 radical (unpaired) electrons. The number of aliphatic hydroxyl groups is 1. The molecule has 0 heterocycles. The van der Waals surface area contributed by atoms with Gasteiger partial charge in [-0.15, -0.1) is 13.2 Å². The number of amides is 2. The van der Waals surface area contributed by atoms with Crippen LogP contribution >= 0.6 is 0 Å². The van der Waals surface area contributed by atoms with E-state index in [2.05, 4.69) is 56.7 Å². The van der Waals surface area contributed by atoms with Gasteiger partial charge < -0.3 is 25.4 Å². The highest BCUT2D eigenvalue weighted by Crippen LogP contribution is 2.43. The van der Waals surface area contributed by atoms with Crippen LogP contribution in [0.2, 0.25) is 0 Å². The third-order valence-corrected chi connectivity index (χ3v) is 8.71. The number of likely N-dealkylation sites (N-methyl/N-ethyl adjacent to an activating group) is 1. The summed E-state index contributed by atoms with van der Waals surface area (Å²) in [7, 11) is 1.69. The first kappa shape index (κ1) is 35.2. The second kappa shape index (κ2) is 17.3. The van der Waals surface area contributed by atoms with E-state index in [1.807, 2.05) is 37.3 Å². The van der Waals surface area contributed by atoms with E-state index in [1.165, 1.54) is 22.3 Å². The number of carbonyl (C=O) groups is 2. The third kappa shape index (κ3) is 9.37. The minimum Gasteiger partial charge on any atom is -0.390 e. The van der Waals surface area contributed by atoms with Crippen LogP contribution in [0.1, 0.15) is 85.9 Å². The number of aryl methyl sites for hydroxylation is 2. The summed E-state index contributed by atoms with van der Waals surface area (Å²) in [6, 6.07) is 12.9. The normalized spacial score (nSPS) is 18.5. The second-order valence-corrected chi connectivity index (χ2v) is 12.3. The number of unbranched alkanes of at least 4 members (excludes halogenated alkanes) is 1. The van der Waals surface area contributed by atoms with Crippen LogP contribution in [0.5, 0.6) is 0 Å². The fourth-order valence-electron chi connectivity index (χ4n) is 6.30. The monoisotopic (exact) mass is 603 g/mol. The Morgan fingerprint density at radius 1 is 1.16 bits per heavy atom. The highest BCUT2D eigenvalue weighted by atomic mass is 16.5. The number of ether oxygens (including phenoxy) is 1. The molecular formula is C37H53N3O4. The van der Waals surface area contributed by atoms with Crippen LogP contribution in [0.25, 0.3) is 0 Å². The molecule has 1 aliphatic rings. The molecule has 240 valence electrons. The molecule has 2 aromatic carbocycles. The lowest BCUT2D eigenvalue weighted by molar-refractivity contribution is -0.142. The van der Waals surface area contributed by atoms with Crippen molar-refractivity contribution in [1.29, 1.82) is 0 Å². The minimum atomic E-state index is -0.879. The summed E-state index contributed by atoms with van der Waals surface area (Å²) in [6.45, 7) is 16.6. The molecular weight excluding hydrogens is 550 g/mol. The topological polar surface area (TPSA) is 90.9 Å². The van der Waals surface area contributed by atoms with Gasteiger partial charge in [-0.1, -0.05) is 86.9 Å². The van der Waals surface area contributed by atoms with Crippen molar-refractivity contribution in [3.05, 3.63) is 95.6 Å². The molecule has 6 atom stereocenters. The molecule has 3 N–H and O–H groups in total. The van der Waals surface area contributed by atoms with Gasteiger partial charge in [0.1, 0.15) is 6.04 Å². The van der Waals surface area contributed by atoms with Gasteiger partial charge in [0.15, 0.2) is 0 Å². The molecule has 0 aliphatic heterocycles. The summed E-state index contributed by atoms with van der Waals surface area (Å²) < 4.78 is 6.13. The van der Waals surface area contributed by atoms with E-state index in [-0.39, 0.29) is 36.4 Å². The molecule has 0 fully saturated rings. The molecule has 1 aliphatic carbocycles. The lowest BCUT2D eigenvalue weighted by atomic mass is 9.98. The quantitative estimate of drug-likeness (QED) is 0.185. The molecule has 7 nitrogen and oxygen atoms in total. The number of carbonyl (C=O) groups excluding carboxylic acids is 2. The number of rotatable bonds is 18. The van der Waals surface area contributed by atoms with E-state index in [0.29, 0.717) is 19.4 Å². The van der Waals surface area contributed by atoms with Crippen LogP contribution in [0, 0.1) is 19.8 Å². The molecule has 0 spiro atoms. The molecule has 44 heavy (non-hydrogen) atoms. The SMILES string of the molecule is C=CCO[C@@H]1C[C@H](NC[C@@H](O)[C@H](Cc2ccccc2)NC(=O)C(CC=C)N(C)C(=O)C(C)CCCC)c2cc(C)cc(C)c21. The van der Waals surface area contributed by atoms with Gasteiger partial charge in [-0.2, -0.15) is 0 Å². The molecule has 2 unspecified atom stereocenters.